The van der Waals surface area contributed by atoms with Crippen LogP contribution in [-0.2, 0) is 6.42 Å². The molecule has 2 aliphatic rings. The van der Waals surface area contributed by atoms with Gasteiger partial charge in [-0.1, -0.05) is 116 Å². The molecule has 240 valence electrons. The molecular weight excluding hydrogens is 617 g/mol. The van der Waals surface area contributed by atoms with Gasteiger partial charge in [0.15, 0.2) is 0 Å². The van der Waals surface area contributed by atoms with E-state index in [1.165, 1.54) is 66.3 Å². The summed E-state index contributed by atoms with van der Waals surface area (Å²) in [6.07, 6.45) is 9.36. The van der Waals surface area contributed by atoms with E-state index in [1.807, 2.05) is 0 Å². The molecule has 2 heteroatoms. The van der Waals surface area contributed by atoms with Crippen molar-refractivity contribution < 1.29 is 0 Å². The molecule has 2 heterocycles. The summed E-state index contributed by atoms with van der Waals surface area (Å²) in [6.45, 7) is 4.45. The summed E-state index contributed by atoms with van der Waals surface area (Å²) < 4.78 is 2.40. The van der Waals surface area contributed by atoms with E-state index < -0.39 is 0 Å². The third-order valence-corrected chi connectivity index (χ3v) is 10.5. The minimum Gasteiger partial charge on any atom is -0.317 e. The van der Waals surface area contributed by atoms with Gasteiger partial charge in [0.1, 0.15) is 0 Å². The van der Waals surface area contributed by atoms with E-state index in [1.54, 1.807) is 0 Å². The number of allylic oxidation sites excluding steroid dienone is 4. The summed E-state index contributed by atoms with van der Waals surface area (Å²) >= 11 is 0. The van der Waals surface area contributed by atoms with Crippen molar-refractivity contribution in [3.8, 4) is 39.1 Å². The molecule has 0 atom stereocenters. The number of anilines is 2. The quantitative estimate of drug-likeness (QED) is 0.184. The Kier molecular flexibility index (Phi) is 6.75. The van der Waals surface area contributed by atoms with E-state index in [-0.39, 0.29) is 0 Å². The fourth-order valence-electron chi connectivity index (χ4n) is 8.01. The van der Waals surface area contributed by atoms with Gasteiger partial charge in [-0.05, 0) is 123 Å². The maximum atomic E-state index is 4.45. The summed E-state index contributed by atoms with van der Waals surface area (Å²) in [5.74, 6) is 0. The Morgan fingerprint density at radius 1 is 0.451 bits per heavy atom. The minimum atomic E-state index is 0.989. The predicted octanol–water partition coefficient (Wildman–Crippen LogP) is 12.9. The molecule has 1 aliphatic carbocycles. The predicted molar refractivity (Wildman–Crippen MR) is 216 cm³/mol. The normalized spacial score (nSPS) is 14.5. The second-order valence-electron chi connectivity index (χ2n) is 13.5. The van der Waals surface area contributed by atoms with E-state index in [0.29, 0.717) is 0 Å². The monoisotopic (exact) mass is 650 g/mol. The van der Waals surface area contributed by atoms with Gasteiger partial charge in [0.2, 0.25) is 0 Å². The van der Waals surface area contributed by atoms with Gasteiger partial charge in [-0.25, -0.2) is 0 Å². The first kappa shape index (κ1) is 29.3. The second-order valence-corrected chi connectivity index (χ2v) is 13.5. The zero-order valence-corrected chi connectivity index (χ0v) is 28.1. The van der Waals surface area contributed by atoms with Crippen molar-refractivity contribution in [2.45, 2.75) is 6.42 Å². The maximum absolute atomic E-state index is 4.45. The van der Waals surface area contributed by atoms with Crippen LogP contribution in [0.25, 0.3) is 66.4 Å². The molecule has 0 bridgehead atoms. The number of para-hydroxylation sites is 2. The number of hydrogen-bond donors (Lipinski definition) is 0. The van der Waals surface area contributed by atoms with Crippen molar-refractivity contribution in [2.24, 2.45) is 0 Å². The SMILES string of the molecule is C=C1/C=C\C=C/N(c2ccccc2)c2ccc(-c3ccc4c(c3)c3ccccc3n4-c3ccc(-c4ccc5c(c4)-c4ccccc4C5)cc3)cc21. The average molecular weight is 651 g/mol. The molecule has 0 spiro atoms. The number of rotatable bonds is 4. The fourth-order valence-corrected chi connectivity index (χ4v) is 8.01. The highest BCUT2D eigenvalue weighted by molar-refractivity contribution is 6.10. The zero-order valence-electron chi connectivity index (χ0n) is 28.1. The van der Waals surface area contributed by atoms with Crippen molar-refractivity contribution in [1.82, 2.24) is 4.57 Å². The Balaban J connectivity index is 1.04. The Bertz CT molecular complexity index is 2720. The molecule has 8 aromatic rings. The Morgan fingerprint density at radius 3 is 2.02 bits per heavy atom. The molecule has 1 aromatic heterocycles. The summed E-state index contributed by atoms with van der Waals surface area (Å²) in [7, 11) is 0. The van der Waals surface area contributed by atoms with Gasteiger partial charge >= 0.3 is 0 Å². The first-order valence-corrected chi connectivity index (χ1v) is 17.6. The Hall–Kier alpha value is -6.64. The minimum absolute atomic E-state index is 0.989. The molecular formula is C49H34N2. The van der Waals surface area contributed by atoms with Crippen LogP contribution in [0.1, 0.15) is 16.7 Å². The lowest BCUT2D eigenvalue weighted by Crippen LogP contribution is -2.11. The molecule has 0 amide bonds. The van der Waals surface area contributed by atoms with Crippen LogP contribution >= 0.6 is 0 Å². The number of aromatic nitrogens is 1. The van der Waals surface area contributed by atoms with Crippen LogP contribution in [0, 0.1) is 0 Å². The average Bonchev–Trinajstić information content (AvgIpc) is 3.72. The lowest BCUT2D eigenvalue weighted by molar-refractivity contribution is 1.18. The van der Waals surface area contributed by atoms with Gasteiger partial charge in [-0.3, -0.25) is 0 Å². The molecule has 0 fully saturated rings. The van der Waals surface area contributed by atoms with E-state index >= 15 is 0 Å². The van der Waals surface area contributed by atoms with Gasteiger partial charge in [0.25, 0.3) is 0 Å². The van der Waals surface area contributed by atoms with Gasteiger partial charge in [0, 0.05) is 33.9 Å². The van der Waals surface area contributed by atoms with Crippen LogP contribution in [0.2, 0.25) is 0 Å². The summed E-state index contributed by atoms with van der Waals surface area (Å²) in [4.78, 5) is 2.24. The lowest BCUT2D eigenvalue weighted by atomic mass is 9.95. The summed E-state index contributed by atoms with van der Waals surface area (Å²) in [5.41, 5.74) is 18.3. The highest BCUT2D eigenvalue weighted by Gasteiger charge is 2.20. The van der Waals surface area contributed by atoms with Crippen molar-refractivity contribution in [3.63, 3.8) is 0 Å². The number of fused-ring (bicyclic) bond motifs is 7. The van der Waals surface area contributed by atoms with Crippen LogP contribution in [0.3, 0.4) is 0 Å². The largest absolute Gasteiger partial charge is 0.317 e. The molecule has 0 unspecified atom stereocenters. The third-order valence-electron chi connectivity index (χ3n) is 10.5. The van der Waals surface area contributed by atoms with Crippen LogP contribution in [0.15, 0.2) is 189 Å². The van der Waals surface area contributed by atoms with E-state index in [9.17, 15) is 0 Å². The van der Waals surface area contributed by atoms with E-state index in [4.69, 9.17) is 0 Å². The maximum Gasteiger partial charge on any atom is 0.0541 e. The Morgan fingerprint density at radius 2 is 1.12 bits per heavy atom. The molecule has 10 rings (SSSR count). The fraction of sp³-hybridized carbons (Fsp3) is 0.0204. The standard InChI is InChI=1S/C49H34N2/c1-33-11-9-10-28-50(40-13-3-2-4-14-40)47-26-22-36(30-44(33)47)37-23-27-49-46(32-37)43-16-7-8-17-48(43)51(49)41-24-20-34(21-25-41)35-18-19-39-29-38-12-5-6-15-42(38)45(39)31-35/h2-28,30-32H,1,29H2/b11-9-,28-10-. The number of hydrogen-bond acceptors (Lipinski definition) is 1. The van der Waals surface area contributed by atoms with Crippen molar-refractivity contribution in [3.05, 3.63) is 205 Å². The Labute approximate surface area is 298 Å². The summed E-state index contributed by atoms with van der Waals surface area (Å²) in [5, 5.41) is 2.48. The summed E-state index contributed by atoms with van der Waals surface area (Å²) in [6, 6.07) is 57.6. The van der Waals surface area contributed by atoms with Crippen LogP contribution in [0.4, 0.5) is 11.4 Å². The molecule has 0 N–H and O–H groups in total. The van der Waals surface area contributed by atoms with Gasteiger partial charge < -0.3 is 9.47 Å². The lowest BCUT2D eigenvalue weighted by Gasteiger charge is -2.25. The molecule has 51 heavy (non-hydrogen) atoms. The molecule has 0 radical (unpaired) electrons. The molecule has 0 saturated heterocycles. The molecule has 0 saturated carbocycles. The zero-order chi connectivity index (χ0) is 33.9. The van der Waals surface area contributed by atoms with Gasteiger partial charge in [-0.2, -0.15) is 0 Å². The van der Waals surface area contributed by atoms with Crippen LogP contribution in [0.5, 0.6) is 0 Å². The number of nitrogens with zero attached hydrogens (tertiary/aromatic N) is 2. The van der Waals surface area contributed by atoms with Crippen molar-refractivity contribution in [2.75, 3.05) is 4.90 Å². The topological polar surface area (TPSA) is 8.17 Å². The van der Waals surface area contributed by atoms with Crippen molar-refractivity contribution in [1.29, 1.82) is 0 Å². The van der Waals surface area contributed by atoms with E-state index in [0.717, 1.165) is 34.6 Å². The second kappa shape index (κ2) is 11.8. The van der Waals surface area contributed by atoms with Crippen LogP contribution < -0.4 is 4.90 Å². The van der Waals surface area contributed by atoms with Gasteiger partial charge in [0.05, 0.1) is 16.7 Å². The van der Waals surface area contributed by atoms with Crippen molar-refractivity contribution >= 4 is 38.8 Å². The first-order chi connectivity index (χ1) is 25.2. The first-order valence-electron chi connectivity index (χ1n) is 17.6. The molecule has 1 aliphatic heterocycles. The third kappa shape index (κ3) is 4.87. The molecule has 7 aromatic carbocycles. The van der Waals surface area contributed by atoms with Gasteiger partial charge in [-0.15, -0.1) is 0 Å². The smallest absolute Gasteiger partial charge is 0.0541 e. The van der Waals surface area contributed by atoms with E-state index in [2.05, 4.69) is 198 Å². The highest BCUT2D eigenvalue weighted by Crippen LogP contribution is 2.41. The highest BCUT2D eigenvalue weighted by atomic mass is 15.1. The molecule has 2 nitrogen and oxygen atoms in total. The number of benzene rings is 7. The van der Waals surface area contributed by atoms with Crippen LogP contribution in [-0.4, -0.2) is 4.57 Å².